The third-order valence-corrected chi connectivity index (χ3v) is 3.83. The Balaban J connectivity index is 1.75. The summed E-state index contributed by atoms with van der Waals surface area (Å²) in [5, 5.41) is 2.99. The molecular formula is C13H16BrClN2O2. The lowest BCUT2D eigenvalue weighted by molar-refractivity contribution is 0.0582. The van der Waals surface area contributed by atoms with Crippen LogP contribution in [-0.4, -0.2) is 30.1 Å². The smallest absolute Gasteiger partial charge is 0.254 e. The first kappa shape index (κ1) is 14.8. The Kier molecular flexibility index (Phi) is 5.60. The van der Waals surface area contributed by atoms with Crippen LogP contribution in [-0.2, 0) is 4.74 Å². The van der Waals surface area contributed by atoms with E-state index in [1.54, 1.807) is 12.3 Å². The molecule has 1 fully saturated rings. The summed E-state index contributed by atoms with van der Waals surface area (Å²) >= 11 is 9.15. The van der Waals surface area contributed by atoms with Crippen molar-refractivity contribution in [3.05, 3.63) is 27.5 Å². The van der Waals surface area contributed by atoms with Crippen LogP contribution in [0.5, 0.6) is 0 Å². The van der Waals surface area contributed by atoms with Gasteiger partial charge in [0.25, 0.3) is 5.91 Å². The second kappa shape index (κ2) is 7.22. The highest BCUT2D eigenvalue weighted by molar-refractivity contribution is 9.10. The molecule has 0 aromatic carbocycles. The van der Waals surface area contributed by atoms with E-state index in [4.69, 9.17) is 16.3 Å². The van der Waals surface area contributed by atoms with Crippen LogP contribution in [0.25, 0.3) is 0 Å². The fraction of sp³-hybridized carbons (Fsp3) is 0.538. The molecule has 6 heteroatoms. The topological polar surface area (TPSA) is 51.2 Å². The summed E-state index contributed by atoms with van der Waals surface area (Å²) in [5.41, 5.74) is 0.372. The molecule has 1 aromatic heterocycles. The van der Waals surface area contributed by atoms with Crippen LogP contribution < -0.4 is 5.32 Å². The van der Waals surface area contributed by atoms with Crippen molar-refractivity contribution in [3.8, 4) is 0 Å². The van der Waals surface area contributed by atoms with Gasteiger partial charge < -0.3 is 10.1 Å². The van der Waals surface area contributed by atoms with E-state index in [-0.39, 0.29) is 11.1 Å². The zero-order valence-corrected chi connectivity index (χ0v) is 12.8. The van der Waals surface area contributed by atoms with Gasteiger partial charge in [-0.2, -0.15) is 0 Å². The normalized spacial score (nSPS) is 15.7. The number of ether oxygens (including phenoxy) is 1. The minimum Gasteiger partial charge on any atom is -0.376 e. The predicted octanol–water partition coefficient (Wildman–Crippen LogP) is 3.19. The van der Waals surface area contributed by atoms with Crippen LogP contribution in [0.15, 0.2) is 16.7 Å². The summed E-state index contributed by atoms with van der Waals surface area (Å²) in [6, 6.07) is 1.66. The van der Waals surface area contributed by atoms with Gasteiger partial charge in [-0.15, -0.1) is 0 Å². The Hall–Kier alpha value is -0.650. The number of nitrogens with zero attached hydrogens (tertiary/aromatic N) is 1. The van der Waals surface area contributed by atoms with E-state index in [2.05, 4.69) is 26.2 Å². The average Bonchev–Trinajstić information content (AvgIpc) is 2.90. The van der Waals surface area contributed by atoms with Crippen molar-refractivity contribution in [1.82, 2.24) is 10.3 Å². The van der Waals surface area contributed by atoms with Gasteiger partial charge in [0.2, 0.25) is 0 Å². The van der Waals surface area contributed by atoms with Gasteiger partial charge in [-0.25, -0.2) is 4.98 Å². The first-order valence-electron chi connectivity index (χ1n) is 6.37. The van der Waals surface area contributed by atoms with Crippen LogP contribution in [0.2, 0.25) is 5.15 Å². The van der Waals surface area contributed by atoms with E-state index >= 15 is 0 Å². The van der Waals surface area contributed by atoms with E-state index in [9.17, 15) is 4.79 Å². The lowest BCUT2D eigenvalue weighted by Gasteiger charge is -2.11. The molecule has 1 aromatic rings. The van der Waals surface area contributed by atoms with Crippen LogP contribution in [0.3, 0.4) is 0 Å². The van der Waals surface area contributed by atoms with Gasteiger partial charge in [0, 0.05) is 17.2 Å². The number of hydrogen-bond acceptors (Lipinski definition) is 3. The van der Waals surface area contributed by atoms with Crippen molar-refractivity contribution in [1.29, 1.82) is 0 Å². The van der Waals surface area contributed by atoms with Crippen LogP contribution in [0.4, 0.5) is 0 Å². The molecule has 4 nitrogen and oxygen atoms in total. The van der Waals surface area contributed by atoms with Crippen LogP contribution in [0, 0.1) is 0 Å². The molecule has 0 bridgehead atoms. The second-order valence-electron chi connectivity index (χ2n) is 4.53. The maximum atomic E-state index is 11.9. The molecular weight excluding hydrogens is 332 g/mol. The number of nitrogens with one attached hydrogen (secondary N) is 1. The third kappa shape index (κ3) is 4.44. The van der Waals surface area contributed by atoms with Crippen molar-refractivity contribution in [3.63, 3.8) is 0 Å². The molecule has 0 spiro atoms. The number of pyridine rings is 1. The third-order valence-electron chi connectivity index (χ3n) is 3.09. The zero-order chi connectivity index (χ0) is 13.7. The van der Waals surface area contributed by atoms with Gasteiger partial charge in [-0.1, -0.05) is 24.4 Å². The number of rotatable bonds is 5. The summed E-state index contributed by atoms with van der Waals surface area (Å²) in [5.74, 6) is -0.228. The predicted molar refractivity (Wildman–Crippen MR) is 77.5 cm³/mol. The molecule has 1 heterocycles. The van der Waals surface area contributed by atoms with E-state index in [0.717, 1.165) is 17.3 Å². The standard InChI is InChI=1S/C13H16BrClN2O2/c14-9-7-11(12(15)17-8-9)13(18)16-5-6-19-10-3-1-2-4-10/h7-8,10H,1-6H2,(H,16,18). The summed E-state index contributed by atoms with van der Waals surface area (Å²) < 4.78 is 6.40. The highest BCUT2D eigenvalue weighted by Gasteiger charge is 2.15. The number of carbonyl (C=O) groups is 1. The Labute approximate surface area is 126 Å². The summed E-state index contributed by atoms with van der Waals surface area (Å²) in [6.45, 7) is 1.02. The molecule has 0 saturated heterocycles. The number of aromatic nitrogens is 1. The molecule has 1 aliphatic rings. The number of amides is 1. The molecule has 1 N–H and O–H groups in total. The first-order chi connectivity index (χ1) is 9.16. The van der Waals surface area contributed by atoms with E-state index < -0.39 is 0 Å². The molecule has 0 atom stereocenters. The Morgan fingerprint density at radius 2 is 2.26 bits per heavy atom. The summed E-state index contributed by atoms with van der Waals surface area (Å²) in [7, 11) is 0. The second-order valence-corrected chi connectivity index (χ2v) is 5.80. The molecule has 0 radical (unpaired) electrons. The van der Waals surface area contributed by atoms with Crippen molar-refractivity contribution >= 4 is 33.4 Å². The fourth-order valence-electron chi connectivity index (χ4n) is 2.12. The largest absolute Gasteiger partial charge is 0.376 e. The SMILES string of the molecule is O=C(NCCOC1CCCC1)c1cc(Br)cnc1Cl. The van der Waals surface area contributed by atoms with Crippen LogP contribution in [0.1, 0.15) is 36.0 Å². The van der Waals surface area contributed by atoms with Gasteiger partial charge in [0.05, 0.1) is 18.3 Å². The van der Waals surface area contributed by atoms with Crippen molar-refractivity contribution in [2.24, 2.45) is 0 Å². The Bertz CT molecular complexity index is 450. The number of hydrogen-bond donors (Lipinski definition) is 1. The van der Waals surface area contributed by atoms with E-state index in [1.807, 2.05) is 0 Å². The molecule has 1 aliphatic carbocycles. The molecule has 104 valence electrons. The van der Waals surface area contributed by atoms with Crippen LogP contribution >= 0.6 is 27.5 Å². The summed E-state index contributed by atoms with van der Waals surface area (Å²) in [4.78, 5) is 15.8. The Morgan fingerprint density at radius 1 is 1.53 bits per heavy atom. The lowest BCUT2D eigenvalue weighted by Crippen LogP contribution is -2.28. The minimum atomic E-state index is -0.228. The molecule has 1 saturated carbocycles. The van der Waals surface area contributed by atoms with Gasteiger partial charge in [-0.05, 0) is 34.8 Å². The quantitative estimate of drug-likeness (QED) is 0.657. The maximum Gasteiger partial charge on any atom is 0.254 e. The summed E-state index contributed by atoms with van der Waals surface area (Å²) in [6.07, 6.45) is 6.69. The minimum absolute atomic E-state index is 0.206. The van der Waals surface area contributed by atoms with E-state index in [1.165, 1.54) is 12.8 Å². The lowest BCUT2D eigenvalue weighted by atomic mass is 10.2. The molecule has 1 amide bonds. The highest BCUT2D eigenvalue weighted by atomic mass is 79.9. The highest BCUT2D eigenvalue weighted by Crippen LogP contribution is 2.20. The van der Waals surface area contributed by atoms with Crippen molar-refractivity contribution in [2.75, 3.05) is 13.2 Å². The fourth-order valence-corrected chi connectivity index (χ4v) is 2.64. The number of halogens is 2. The number of carbonyl (C=O) groups excluding carboxylic acids is 1. The molecule has 2 rings (SSSR count). The molecule has 0 aliphatic heterocycles. The van der Waals surface area contributed by atoms with E-state index in [0.29, 0.717) is 24.8 Å². The molecule has 19 heavy (non-hydrogen) atoms. The average molecular weight is 348 g/mol. The van der Waals surface area contributed by atoms with Gasteiger partial charge in [-0.3, -0.25) is 4.79 Å². The first-order valence-corrected chi connectivity index (χ1v) is 7.55. The van der Waals surface area contributed by atoms with Gasteiger partial charge >= 0.3 is 0 Å². The van der Waals surface area contributed by atoms with Crippen molar-refractivity contribution < 1.29 is 9.53 Å². The van der Waals surface area contributed by atoms with Crippen molar-refractivity contribution in [2.45, 2.75) is 31.8 Å². The molecule has 0 unspecified atom stereocenters. The Morgan fingerprint density at radius 3 is 3.00 bits per heavy atom. The monoisotopic (exact) mass is 346 g/mol. The van der Waals surface area contributed by atoms with Gasteiger partial charge in [0.1, 0.15) is 5.15 Å². The zero-order valence-electron chi connectivity index (χ0n) is 10.5. The van der Waals surface area contributed by atoms with Gasteiger partial charge in [0.15, 0.2) is 0 Å². The maximum absolute atomic E-state index is 11.9.